The normalized spacial score (nSPS) is 13.2. The Morgan fingerprint density at radius 3 is 2.14 bits per heavy atom. The van der Waals surface area contributed by atoms with Crippen LogP contribution in [0, 0.1) is 5.95 Å². The summed E-state index contributed by atoms with van der Waals surface area (Å²) in [6.45, 7) is 16.6. The van der Waals surface area contributed by atoms with Gasteiger partial charge in [0.15, 0.2) is 8.32 Å². The van der Waals surface area contributed by atoms with Gasteiger partial charge in [-0.2, -0.15) is 4.39 Å². The van der Waals surface area contributed by atoms with E-state index in [9.17, 15) is 14.0 Å². The maximum Gasteiger partial charge on any atom is 0.410 e. The number of carboxylic acid groups (broad SMARTS) is 1. The van der Waals surface area contributed by atoms with Crippen LogP contribution >= 0.6 is 0 Å². The average Bonchev–Trinajstić information content (AvgIpc) is 2.74. The minimum absolute atomic E-state index is 0.0820. The van der Waals surface area contributed by atoms with Crippen molar-refractivity contribution in [3.8, 4) is 0 Å². The molecule has 9 heteroatoms. The number of aromatic nitrogens is 1. The highest BCUT2D eigenvalue weighted by atomic mass is 28.4. The van der Waals surface area contributed by atoms with Crippen LogP contribution in [0.2, 0.25) is 18.1 Å². The Balaban J connectivity index is 2.35. The Hall–Kier alpha value is -2.78. The van der Waals surface area contributed by atoms with Crippen LogP contribution in [0.15, 0.2) is 42.6 Å². The number of nitrogens with zero attached hydrogens (tertiary/aromatic N) is 2. The Morgan fingerprint density at radius 2 is 1.67 bits per heavy atom. The molecular weight excluding hydrogens is 479 g/mol. The van der Waals surface area contributed by atoms with Crippen molar-refractivity contribution in [3.63, 3.8) is 0 Å². The molecular formula is C27H39FN2O5Si. The molecule has 0 aliphatic carbocycles. The average molecular weight is 519 g/mol. The summed E-state index contributed by atoms with van der Waals surface area (Å²) in [6, 6.07) is 9.50. The molecule has 7 nitrogen and oxygen atoms in total. The van der Waals surface area contributed by atoms with Crippen molar-refractivity contribution < 1.29 is 28.2 Å². The molecule has 0 fully saturated rings. The van der Waals surface area contributed by atoms with Gasteiger partial charge in [0.2, 0.25) is 5.95 Å². The molecule has 0 spiro atoms. The van der Waals surface area contributed by atoms with Gasteiger partial charge < -0.3 is 19.2 Å². The molecule has 1 amide bonds. The number of pyridine rings is 1. The summed E-state index contributed by atoms with van der Waals surface area (Å²) >= 11 is 0. The molecule has 198 valence electrons. The number of amides is 1. The molecule has 0 aliphatic heterocycles. The largest absolute Gasteiger partial charge is 0.478 e. The van der Waals surface area contributed by atoms with E-state index in [1.165, 1.54) is 12.3 Å². The van der Waals surface area contributed by atoms with Crippen LogP contribution in [-0.2, 0) is 15.6 Å². The third kappa shape index (κ3) is 8.71. The van der Waals surface area contributed by atoms with Crippen LogP contribution in [0.3, 0.4) is 0 Å². The van der Waals surface area contributed by atoms with Crippen LogP contribution in [0.1, 0.15) is 69.1 Å². The zero-order chi connectivity index (χ0) is 27.3. The number of ether oxygens (including phenoxy) is 1. The molecule has 36 heavy (non-hydrogen) atoms. The fourth-order valence-corrected chi connectivity index (χ4v) is 4.46. The standard InChI is InChI=1S/C27H39FN2O5Si/c1-26(2,3)34-25(33)30(16-15-19-9-11-20(12-10-19)24(31)32)18-22(21-13-14-23(28)29-17-21)35-36(7,8)27(4,5)6/h9-14,17,22H,15-16,18H2,1-8H3,(H,31,32)/t22-/m0/s1. The molecule has 0 radical (unpaired) electrons. The van der Waals surface area contributed by atoms with Crippen LogP contribution in [0.4, 0.5) is 9.18 Å². The second-order valence-corrected chi connectivity index (χ2v) is 16.2. The lowest BCUT2D eigenvalue weighted by atomic mass is 10.1. The highest BCUT2D eigenvalue weighted by molar-refractivity contribution is 6.74. The number of carboxylic acids is 1. The highest BCUT2D eigenvalue weighted by Crippen LogP contribution is 2.40. The van der Waals surface area contributed by atoms with Gasteiger partial charge in [-0.1, -0.05) is 39.0 Å². The lowest BCUT2D eigenvalue weighted by Gasteiger charge is -2.40. The van der Waals surface area contributed by atoms with E-state index in [1.54, 1.807) is 56.0 Å². The smallest absolute Gasteiger partial charge is 0.410 e. The molecule has 1 N–H and O–H groups in total. The van der Waals surface area contributed by atoms with Gasteiger partial charge in [0.1, 0.15) is 5.60 Å². The lowest BCUT2D eigenvalue weighted by molar-refractivity contribution is 0.0158. The van der Waals surface area contributed by atoms with Crippen LogP contribution in [0.5, 0.6) is 0 Å². The third-order valence-electron chi connectivity index (χ3n) is 6.27. The van der Waals surface area contributed by atoms with Crippen molar-refractivity contribution in [2.45, 2.75) is 77.8 Å². The van der Waals surface area contributed by atoms with E-state index in [4.69, 9.17) is 14.3 Å². The van der Waals surface area contributed by atoms with Gasteiger partial charge in [0.05, 0.1) is 18.2 Å². The quantitative estimate of drug-likeness (QED) is 0.303. The van der Waals surface area contributed by atoms with E-state index in [1.807, 2.05) is 0 Å². The summed E-state index contributed by atoms with van der Waals surface area (Å²) in [6.07, 6.45) is 0.933. The molecule has 1 heterocycles. The van der Waals surface area contributed by atoms with Gasteiger partial charge in [-0.25, -0.2) is 14.6 Å². The first kappa shape index (κ1) is 29.4. The van der Waals surface area contributed by atoms with Crippen molar-refractivity contribution >= 4 is 20.4 Å². The third-order valence-corrected chi connectivity index (χ3v) is 10.8. The maximum absolute atomic E-state index is 13.6. The van der Waals surface area contributed by atoms with E-state index >= 15 is 0 Å². The number of carbonyl (C=O) groups is 2. The number of hydrogen-bond donors (Lipinski definition) is 1. The summed E-state index contributed by atoms with van der Waals surface area (Å²) < 4.78 is 26.0. The molecule has 0 aliphatic rings. The molecule has 1 aromatic carbocycles. The second-order valence-electron chi connectivity index (χ2n) is 11.5. The van der Waals surface area contributed by atoms with Gasteiger partial charge in [0.25, 0.3) is 0 Å². The van der Waals surface area contributed by atoms with Gasteiger partial charge in [-0.05, 0) is 74.7 Å². The van der Waals surface area contributed by atoms with E-state index < -0.39 is 38.0 Å². The van der Waals surface area contributed by atoms with Crippen LogP contribution < -0.4 is 0 Å². The molecule has 0 saturated heterocycles. The fraction of sp³-hybridized carbons (Fsp3) is 0.519. The molecule has 1 atom stereocenters. The second kappa shape index (κ2) is 11.5. The highest BCUT2D eigenvalue weighted by Gasteiger charge is 2.40. The van der Waals surface area contributed by atoms with Crippen molar-refractivity contribution in [1.29, 1.82) is 0 Å². The van der Waals surface area contributed by atoms with Gasteiger partial charge >= 0.3 is 12.1 Å². The first-order valence-electron chi connectivity index (χ1n) is 12.1. The number of hydrogen-bond acceptors (Lipinski definition) is 5. The van der Waals surface area contributed by atoms with Crippen molar-refractivity contribution in [3.05, 3.63) is 65.2 Å². The topological polar surface area (TPSA) is 89.0 Å². The molecule has 1 aromatic heterocycles. The number of benzene rings is 1. The minimum atomic E-state index is -2.27. The van der Waals surface area contributed by atoms with E-state index in [0.717, 1.165) is 5.56 Å². The molecule has 2 rings (SSSR count). The summed E-state index contributed by atoms with van der Waals surface area (Å²) in [5, 5.41) is 9.06. The Labute approximate surface area is 214 Å². The molecule has 0 saturated carbocycles. The lowest BCUT2D eigenvalue weighted by Crippen LogP contribution is -2.46. The van der Waals surface area contributed by atoms with E-state index in [-0.39, 0.29) is 17.1 Å². The zero-order valence-corrected chi connectivity index (χ0v) is 23.6. The summed E-state index contributed by atoms with van der Waals surface area (Å²) in [7, 11) is -2.27. The summed E-state index contributed by atoms with van der Waals surface area (Å²) in [5.41, 5.74) is 1.08. The number of aromatic carboxylic acids is 1. The van der Waals surface area contributed by atoms with Crippen LogP contribution in [0.25, 0.3) is 0 Å². The Bertz CT molecular complexity index is 1030. The number of halogens is 1. The summed E-state index contributed by atoms with van der Waals surface area (Å²) in [5.74, 6) is -1.57. The van der Waals surface area contributed by atoms with E-state index in [2.05, 4.69) is 38.8 Å². The predicted octanol–water partition coefficient (Wildman–Crippen LogP) is 6.46. The zero-order valence-electron chi connectivity index (χ0n) is 22.6. The SMILES string of the molecule is CC(C)(C)OC(=O)N(CCc1ccc(C(=O)O)cc1)C[C@H](O[Si](C)(C)C(C)(C)C)c1ccc(F)nc1. The molecule has 0 bridgehead atoms. The number of rotatable bonds is 9. The van der Waals surface area contributed by atoms with E-state index in [0.29, 0.717) is 18.5 Å². The first-order valence-corrected chi connectivity index (χ1v) is 15.0. The first-order chi connectivity index (χ1) is 16.5. The van der Waals surface area contributed by atoms with Gasteiger partial charge in [-0.3, -0.25) is 0 Å². The Morgan fingerprint density at radius 1 is 1.06 bits per heavy atom. The summed E-state index contributed by atoms with van der Waals surface area (Å²) in [4.78, 5) is 29.8. The monoisotopic (exact) mass is 518 g/mol. The minimum Gasteiger partial charge on any atom is -0.478 e. The molecule has 0 unspecified atom stereocenters. The molecule has 2 aromatic rings. The van der Waals surface area contributed by atoms with Gasteiger partial charge in [-0.15, -0.1) is 0 Å². The maximum atomic E-state index is 13.6. The van der Waals surface area contributed by atoms with Crippen molar-refractivity contribution in [2.24, 2.45) is 0 Å². The van der Waals surface area contributed by atoms with Crippen molar-refractivity contribution in [1.82, 2.24) is 9.88 Å². The van der Waals surface area contributed by atoms with Gasteiger partial charge in [0, 0.05) is 12.7 Å². The Kier molecular flexibility index (Phi) is 9.42. The fourth-order valence-electron chi connectivity index (χ4n) is 3.18. The number of carbonyl (C=O) groups excluding carboxylic acids is 1. The predicted molar refractivity (Wildman–Crippen MR) is 140 cm³/mol. The van der Waals surface area contributed by atoms with Crippen molar-refractivity contribution in [2.75, 3.05) is 13.1 Å². The van der Waals surface area contributed by atoms with Crippen LogP contribution in [-0.4, -0.2) is 54.1 Å².